The highest BCUT2D eigenvalue weighted by molar-refractivity contribution is 8.00. The normalized spacial score (nSPS) is 28.4. The Morgan fingerprint density at radius 3 is 2.70 bits per heavy atom. The third kappa shape index (κ3) is 5.54. The van der Waals surface area contributed by atoms with Crippen LogP contribution < -0.4 is 5.32 Å². The lowest BCUT2D eigenvalue weighted by molar-refractivity contribution is 0.119. The monoisotopic (exact) mass is 341 g/mol. The molecule has 0 bridgehead atoms. The highest BCUT2D eigenvalue weighted by atomic mass is 32.2. The van der Waals surface area contributed by atoms with E-state index in [4.69, 9.17) is 4.99 Å². The van der Waals surface area contributed by atoms with Crippen LogP contribution >= 0.6 is 11.8 Å². The SMILES string of the molecule is CCNC(=NCC1CN(C)CCN1C)N1CCSC(C(C)C)C1. The van der Waals surface area contributed by atoms with E-state index in [1.807, 2.05) is 0 Å². The first-order chi connectivity index (χ1) is 11.0. The van der Waals surface area contributed by atoms with Crippen LogP contribution in [0, 0.1) is 5.92 Å². The summed E-state index contributed by atoms with van der Waals surface area (Å²) >= 11 is 2.12. The van der Waals surface area contributed by atoms with Gasteiger partial charge in [0.25, 0.3) is 0 Å². The summed E-state index contributed by atoms with van der Waals surface area (Å²) in [7, 11) is 4.44. The molecule has 0 radical (unpaired) electrons. The highest BCUT2D eigenvalue weighted by Crippen LogP contribution is 2.24. The Bertz CT molecular complexity index is 387. The quantitative estimate of drug-likeness (QED) is 0.615. The molecule has 0 aromatic rings. The zero-order valence-corrected chi connectivity index (χ0v) is 16.4. The smallest absolute Gasteiger partial charge is 0.194 e. The van der Waals surface area contributed by atoms with Crippen LogP contribution in [0.1, 0.15) is 20.8 Å². The molecule has 5 nitrogen and oxygen atoms in total. The van der Waals surface area contributed by atoms with Gasteiger partial charge in [0.05, 0.1) is 6.54 Å². The van der Waals surface area contributed by atoms with E-state index in [-0.39, 0.29) is 0 Å². The van der Waals surface area contributed by atoms with E-state index in [2.05, 4.69) is 66.6 Å². The molecule has 2 atom stereocenters. The fourth-order valence-electron chi connectivity index (χ4n) is 3.19. The van der Waals surface area contributed by atoms with E-state index < -0.39 is 0 Å². The Morgan fingerprint density at radius 1 is 1.22 bits per heavy atom. The lowest BCUT2D eigenvalue weighted by Gasteiger charge is -2.38. The Morgan fingerprint density at radius 2 is 2.00 bits per heavy atom. The average Bonchev–Trinajstić information content (AvgIpc) is 2.54. The van der Waals surface area contributed by atoms with Crippen LogP contribution in [-0.2, 0) is 0 Å². The molecule has 1 N–H and O–H groups in total. The molecule has 0 spiro atoms. The van der Waals surface area contributed by atoms with Crippen molar-refractivity contribution in [2.24, 2.45) is 10.9 Å². The van der Waals surface area contributed by atoms with Crippen molar-refractivity contribution < 1.29 is 0 Å². The van der Waals surface area contributed by atoms with Crippen molar-refractivity contribution >= 4 is 17.7 Å². The average molecular weight is 342 g/mol. The molecule has 0 aromatic carbocycles. The Kier molecular flexibility index (Phi) is 7.50. The van der Waals surface area contributed by atoms with Crippen molar-refractivity contribution in [2.45, 2.75) is 32.1 Å². The molecule has 0 amide bonds. The number of nitrogens with one attached hydrogen (secondary N) is 1. The zero-order chi connectivity index (χ0) is 16.8. The van der Waals surface area contributed by atoms with Gasteiger partial charge in [0.2, 0.25) is 0 Å². The summed E-state index contributed by atoms with van der Waals surface area (Å²) in [6.07, 6.45) is 0. The maximum absolute atomic E-state index is 4.99. The first-order valence-corrected chi connectivity index (χ1v) is 10.1. The first kappa shape index (κ1) is 18.9. The zero-order valence-electron chi connectivity index (χ0n) is 15.6. The van der Waals surface area contributed by atoms with Crippen LogP contribution in [0.15, 0.2) is 4.99 Å². The molecule has 6 heteroatoms. The largest absolute Gasteiger partial charge is 0.357 e. The summed E-state index contributed by atoms with van der Waals surface area (Å²) < 4.78 is 0. The van der Waals surface area contributed by atoms with Crippen LogP contribution in [0.5, 0.6) is 0 Å². The Labute approximate surface area is 146 Å². The number of thioether (sulfide) groups is 1. The second-order valence-electron chi connectivity index (χ2n) is 7.19. The molecule has 2 fully saturated rings. The van der Waals surface area contributed by atoms with E-state index in [0.29, 0.717) is 6.04 Å². The highest BCUT2D eigenvalue weighted by Gasteiger charge is 2.26. The molecule has 0 aromatic heterocycles. The molecule has 0 aliphatic carbocycles. The lowest BCUT2D eigenvalue weighted by atomic mass is 10.1. The van der Waals surface area contributed by atoms with Crippen molar-refractivity contribution in [3.63, 3.8) is 0 Å². The fraction of sp³-hybridized carbons (Fsp3) is 0.941. The summed E-state index contributed by atoms with van der Waals surface area (Å²) in [4.78, 5) is 12.3. The van der Waals surface area contributed by atoms with Gasteiger partial charge in [-0.25, -0.2) is 0 Å². The topological polar surface area (TPSA) is 34.1 Å². The second-order valence-corrected chi connectivity index (χ2v) is 8.54. The molecule has 23 heavy (non-hydrogen) atoms. The molecular weight excluding hydrogens is 306 g/mol. The lowest BCUT2D eigenvalue weighted by Crippen LogP contribution is -2.52. The maximum Gasteiger partial charge on any atom is 0.194 e. The van der Waals surface area contributed by atoms with Crippen molar-refractivity contribution in [1.82, 2.24) is 20.0 Å². The van der Waals surface area contributed by atoms with Gasteiger partial charge in [-0.15, -0.1) is 0 Å². The van der Waals surface area contributed by atoms with Gasteiger partial charge in [-0.05, 0) is 26.9 Å². The second kappa shape index (κ2) is 9.14. The Balaban J connectivity index is 1.98. The van der Waals surface area contributed by atoms with Crippen molar-refractivity contribution in [3.8, 4) is 0 Å². The van der Waals surface area contributed by atoms with Crippen LogP contribution in [-0.4, -0.2) is 97.6 Å². The standard InChI is InChI=1S/C17H35N5S/c1-6-18-17(22-9-10-23-16(13-22)14(2)3)19-11-15-12-20(4)7-8-21(15)5/h14-16H,6-13H2,1-5H3,(H,18,19). The molecule has 2 rings (SSSR count). The molecule has 2 saturated heterocycles. The molecule has 2 aliphatic heterocycles. The van der Waals surface area contributed by atoms with Gasteiger partial charge in [0.15, 0.2) is 5.96 Å². The van der Waals surface area contributed by atoms with Gasteiger partial charge in [0.1, 0.15) is 0 Å². The molecule has 2 heterocycles. The minimum Gasteiger partial charge on any atom is -0.357 e. The molecule has 2 aliphatic rings. The fourth-order valence-corrected chi connectivity index (χ4v) is 4.49. The summed E-state index contributed by atoms with van der Waals surface area (Å²) in [5.74, 6) is 3.04. The number of hydrogen-bond acceptors (Lipinski definition) is 4. The third-order valence-corrected chi connectivity index (χ3v) is 6.44. The number of likely N-dealkylation sites (N-methyl/N-ethyl adjacent to an activating group) is 2. The number of guanidine groups is 1. The molecule has 0 saturated carbocycles. The van der Waals surface area contributed by atoms with Gasteiger partial charge >= 0.3 is 0 Å². The Hall–Kier alpha value is -0.460. The van der Waals surface area contributed by atoms with Gasteiger partial charge in [-0.2, -0.15) is 11.8 Å². The van der Waals surface area contributed by atoms with E-state index in [1.54, 1.807) is 0 Å². The number of hydrogen-bond donors (Lipinski definition) is 1. The minimum absolute atomic E-state index is 0.530. The number of aliphatic imine (C=N–C) groups is 1. The predicted molar refractivity (Wildman–Crippen MR) is 103 cm³/mol. The number of rotatable bonds is 4. The summed E-state index contributed by atoms with van der Waals surface area (Å²) in [5.41, 5.74) is 0. The first-order valence-electron chi connectivity index (χ1n) is 9.05. The van der Waals surface area contributed by atoms with E-state index in [1.165, 1.54) is 5.75 Å². The third-order valence-electron chi connectivity index (χ3n) is 4.90. The van der Waals surface area contributed by atoms with Gasteiger partial charge in [-0.3, -0.25) is 9.89 Å². The van der Waals surface area contributed by atoms with Gasteiger partial charge in [0, 0.05) is 56.3 Å². The molecular formula is C17H35N5S. The van der Waals surface area contributed by atoms with E-state index in [0.717, 1.165) is 62.9 Å². The molecule has 2 unspecified atom stereocenters. The van der Waals surface area contributed by atoms with Crippen LogP contribution in [0.25, 0.3) is 0 Å². The summed E-state index contributed by atoms with van der Waals surface area (Å²) in [5, 5.41) is 4.23. The van der Waals surface area contributed by atoms with Crippen LogP contribution in [0.4, 0.5) is 0 Å². The number of nitrogens with zero attached hydrogens (tertiary/aromatic N) is 4. The summed E-state index contributed by atoms with van der Waals surface area (Å²) in [6.45, 7) is 14.3. The maximum atomic E-state index is 4.99. The van der Waals surface area contributed by atoms with Gasteiger partial charge < -0.3 is 15.1 Å². The van der Waals surface area contributed by atoms with Crippen LogP contribution in [0.2, 0.25) is 0 Å². The number of piperazine rings is 1. The van der Waals surface area contributed by atoms with E-state index >= 15 is 0 Å². The molecule has 134 valence electrons. The van der Waals surface area contributed by atoms with Crippen LogP contribution in [0.3, 0.4) is 0 Å². The predicted octanol–water partition coefficient (Wildman–Crippen LogP) is 1.27. The minimum atomic E-state index is 0.530. The summed E-state index contributed by atoms with van der Waals surface area (Å²) in [6, 6.07) is 0.530. The van der Waals surface area contributed by atoms with Crippen molar-refractivity contribution in [1.29, 1.82) is 0 Å². The van der Waals surface area contributed by atoms with Crippen molar-refractivity contribution in [3.05, 3.63) is 0 Å². The van der Waals surface area contributed by atoms with E-state index in [9.17, 15) is 0 Å². The van der Waals surface area contributed by atoms with Gasteiger partial charge in [-0.1, -0.05) is 13.8 Å². The van der Waals surface area contributed by atoms with Crippen molar-refractivity contribution in [2.75, 3.05) is 65.7 Å².